The number of ether oxygens (including phenoxy) is 3. The van der Waals surface area contributed by atoms with E-state index in [2.05, 4.69) is 15.3 Å². The maximum atomic E-state index is 5.93. The van der Waals surface area contributed by atoms with Crippen molar-refractivity contribution >= 4 is 46.4 Å². The van der Waals surface area contributed by atoms with Crippen molar-refractivity contribution in [3.63, 3.8) is 0 Å². The minimum atomic E-state index is 0. The second kappa shape index (κ2) is 8.09. The molecule has 3 aromatic rings. The lowest BCUT2D eigenvalue weighted by Crippen LogP contribution is -2.01. The molecule has 8 heteroatoms. The smallest absolute Gasteiger partial charge is 0.204 e. The Bertz CT molecular complexity index is 873. The van der Waals surface area contributed by atoms with E-state index in [4.69, 9.17) is 25.8 Å². The van der Waals surface area contributed by atoms with Crippen LogP contribution in [-0.2, 0) is 0 Å². The lowest BCUT2D eigenvalue weighted by Gasteiger charge is -2.16. The Hall–Kier alpha value is -2.44. The number of methoxy groups -OCH3 is 3. The van der Waals surface area contributed by atoms with Crippen molar-refractivity contribution in [3.05, 3.63) is 41.7 Å². The van der Waals surface area contributed by atoms with Crippen LogP contribution in [0.5, 0.6) is 17.2 Å². The molecule has 1 N–H and O–H groups in total. The summed E-state index contributed by atoms with van der Waals surface area (Å²) >= 11 is 5.93. The van der Waals surface area contributed by atoms with E-state index in [1.807, 2.05) is 12.1 Å². The van der Waals surface area contributed by atoms with Crippen LogP contribution in [0.4, 0.5) is 11.5 Å². The van der Waals surface area contributed by atoms with E-state index in [1.165, 1.54) is 6.33 Å². The Morgan fingerprint density at radius 1 is 0.920 bits per heavy atom. The van der Waals surface area contributed by atoms with E-state index in [9.17, 15) is 0 Å². The van der Waals surface area contributed by atoms with Crippen LogP contribution in [0.2, 0.25) is 5.02 Å². The molecule has 0 bridgehead atoms. The zero-order valence-electron chi connectivity index (χ0n) is 13.9. The van der Waals surface area contributed by atoms with Gasteiger partial charge in [-0.05, 0) is 24.3 Å². The van der Waals surface area contributed by atoms with Gasteiger partial charge in [0, 0.05) is 16.8 Å². The fraction of sp³-hybridized carbons (Fsp3) is 0.176. The van der Waals surface area contributed by atoms with Gasteiger partial charge in [-0.15, -0.1) is 12.4 Å². The Balaban J connectivity index is 0.00000225. The van der Waals surface area contributed by atoms with Gasteiger partial charge in [0.15, 0.2) is 11.5 Å². The van der Waals surface area contributed by atoms with Crippen LogP contribution in [0.25, 0.3) is 10.9 Å². The lowest BCUT2D eigenvalue weighted by atomic mass is 10.1. The van der Waals surface area contributed by atoms with Crippen molar-refractivity contribution in [1.29, 1.82) is 0 Å². The zero-order chi connectivity index (χ0) is 17.1. The van der Waals surface area contributed by atoms with E-state index in [0.717, 1.165) is 5.69 Å². The molecule has 1 aromatic heterocycles. The molecule has 0 atom stereocenters. The molecule has 0 amide bonds. The summed E-state index contributed by atoms with van der Waals surface area (Å²) in [5.41, 5.74) is 1.52. The first-order chi connectivity index (χ1) is 11.7. The highest BCUT2D eigenvalue weighted by Crippen LogP contribution is 2.45. The second-order valence-electron chi connectivity index (χ2n) is 4.89. The molecular formula is C17H17Cl2N3O3. The van der Waals surface area contributed by atoms with E-state index in [0.29, 0.717) is 39.0 Å². The predicted octanol–water partition coefficient (Wildman–Crippen LogP) is 4.47. The Morgan fingerprint density at radius 2 is 1.60 bits per heavy atom. The number of halogens is 2. The molecule has 0 radical (unpaired) electrons. The van der Waals surface area contributed by atoms with Gasteiger partial charge >= 0.3 is 0 Å². The first-order valence-electron chi connectivity index (χ1n) is 7.14. The largest absolute Gasteiger partial charge is 0.493 e. The van der Waals surface area contributed by atoms with Crippen LogP contribution in [-0.4, -0.2) is 31.3 Å². The van der Waals surface area contributed by atoms with E-state index >= 15 is 0 Å². The first-order valence-corrected chi connectivity index (χ1v) is 7.52. The minimum Gasteiger partial charge on any atom is -0.493 e. The molecule has 6 nitrogen and oxygen atoms in total. The molecule has 1 heterocycles. The minimum absolute atomic E-state index is 0. The summed E-state index contributed by atoms with van der Waals surface area (Å²) < 4.78 is 16.3. The van der Waals surface area contributed by atoms with Gasteiger partial charge in [0.1, 0.15) is 12.1 Å². The van der Waals surface area contributed by atoms with Crippen molar-refractivity contribution in [2.45, 2.75) is 0 Å². The van der Waals surface area contributed by atoms with Gasteiger partial charge in [-0.3, -0.25) is 0 Å². The van der Waals surface area contributed by atoms with Crippen molar-refractivity contribution in [1.82, 2.24) is 9.97 Å². The second-order valence-corrected chi connectivity index (χ2v) is 5.33. The molecule has 132 valence electrons. The molecule has 25 heavy (non-hydrogen) atoms. The molecule has 0 spiro atoms. The highest BCUT2D eigenvalue weighted by Gasteiger charge is 2.20. The number of hydrogen-bond donors (Lipinski definition) is 1. The third kappa shape index (κ3) is 3.65. The number of fused-ring (bicyclic) bond motifs is 1. The van der Waals surface area contributed by atoms with Crippen molar-refractivity contribution in [2.75, 3.05) is 26.6 Å². The van der Waals surface area contributed by atoms with Gasteiger partial charge in [0.2, 0.25) is 5.75 Å². The van der Waals surface area contributed by atoms with Crippen LogP contribution < -0.4 is 19.5 Å². The SMILES string of the molecule is COc1cc2ncnc(Nc3ccc(Cl)cc3)c2c(OC)c1OC.Cl. The number of nitrogens with one attached hydrogen (secondary N) is 1. The number of hydrogen-bond acceptors (Lipinski definition) is 6. The van der Waals surface area contributed by atoms with Crippen molar-refractivity contribution in [2.24, 2.45) is 0 Å². The molecule has 0 aliphatic rings. The molecule has 0 saturated heterocycles. The summed E-state index contributed by atoms with van der Waals surface area (Å²) in [5, 5.41) is 4.62. The van der Waals surface area contributed by atoms with Crippen LogP contribution >= 0.6 is 24.0 Å². The number of aromatic nitrogens is 2. The Morgan fingerprint density at radius 3 is 2.20 bits per heavy atom. The lowest BCUT2D eigenvalue weighted by molar-refractivity contribution is 0.327. The summed E-state index contributed by atoms with van der Waals surface area (Å²) in [4.78, 5) is 8.63. The fourth-order valence-corrected chi connectivity index (χ4v) is 2.58. The number of benzene rings is 2. The number of rotatable bonds is 5. The monoisotopic (exact) mass is 381 g/mol. The topological polar surface area (TPSA) is 65.5 Å². The molecular weight excluding hydrogens is 365 g/mol. The number of anilines is 2. The van der Waals surface area contributed by atoms with E-state index < -0.39 is 0 Å². The van der Waals surface area contributed by atoms with Gasteiger partial charge < -0.3 is 19.5 Å². The summed E-state index contributed by atoms with van der Waals surface area (Å²) in [6.07, 6.45) is 1.48. The molecule has 0 fully saturated rings. The molecule has 2 aromatic carbocycles. The molecule has 0 aliphatic carbocycles. The van der Waals surface area contributed by atoms with Crippen molar-refractivity contribution < 1.29 is 14.2 Å². The Kier molecular flexibility index (Phi) is 6.12. The third-order valence-electron chi connectivity index (χ3n) is 3.54. The van der Waals surface area contributed by atoms with E-state index in [1.54, 1.807) is 39.5 Å². The van der Waals surface area contributed by atoms with Crippen LogP contribution in [0.1, 0.15) is 0 Å². The quantitative estimate of drug-likeness (QED) is 0.702. The summed E-state index contributed by atoms with van der Waals surface area (Å²) in [7, 11) is 4.69. The summed E-state index contributed by atoms with van der Waals surface area (Å²) in [5.74, 6) is 2.13. The Labute approximate surface area is 156 Å². The average Bonchev–Trinajstić information content (AvgIpc) is 2.62. The van der Waals surface area contributed by atoms with Gasteiger partial charge in [-0.25, -0.2) is 9.97 Å². The molecule has 3 rings (SSSR count). The van der Waals surface area contributed by atoms with Gasteiger partial charge in [-0.1, -0.05) is 11.6 Å². The van der Waals surface area contributed by atoms with Crippen LogP contribution in [0.3, 0.4) is 0 Å². The third-order valence-corrected chi connectivity index (χ3v) is 3.79. The highest BCUT2D eigenvalue weighted by molar-refractivity contribution is 6.30. The fourth-order valence-electron chi connectivity index (χ4n) is 2.45. The molecule has 0 unspecified atom stereocenters. The molecule has 0 aliphatic heterocycles. The van der Waals surface area contributed by atoms with Gasteiger partial charge in [0.05, 0.1) is 32.2 Å². The van der Waals surface area contributed by atoms with Gasteiger partial charge in [-0.2, -0.15) is 0 Å². The van der Waals surface area contributed by atoms with Gasteiger partial charge in [0.25, 0.3) is 0 Å². The van der Waals surface area contributed by atoms with Crippen molar-refractivity contribution in [3.8, 4) is 17.2 Å². The first kappa shape index (κ1) is 18.9. The van der Waals surface area contributed by atoms with Crippen LogP contribution in [0, 0.1) is 0 Å². The zero-order valence-corrected chi connectivity index (χ0v) is 15.4. The molecule has 0 saturated carbocycles. The highest BCUT2D eigenvalue weighted by atomic mass is 35.5. The average molecular weight is 382 g/mol. The summed E-state index contributed by atoms with van der Waals surface area (Å²) in [6.45, 7) is 0. The van der Waals surface area contributed by atoms with Crippen LogP contribution in [0.15, 0.2) is 36.7 Å². The number of nitrogens with zero attached hydrogens (tertiary/aromatic N) is 2. The maximum absolute atomic E-state index is 5.93. The normalized spacial score (nSPS) is 10.1. The standard InChI is InChI=1S/C17H16ClN3O3.ClH/c1-22-13-8-12-14(16(24-3)15(13)23-2)17(20-9-19-12)21-11-6-4-10(18)5-7-11;/h4-9H,1-3H3,(H,19,20,21);1H. The maximum Gasteiger partial charge on any atom is 0.204 e. The predicted molar refractivity (Wildman–Crippen MR) is 101 cm³/mol. The summed E-state index contributed by atoms with van der Waals surface area (Å²) in [6, 6.07) is 9.11. The van der Waals surface area contributed by atoms with E-state index in [-0.39, 0.29) is 12.4 Å².